The Morgan fingerprint density at radius 2 is 1.83 bits per heavy atom. The summed E-state index contributed by atoms with van der Waals surface area (Å²) in [6.45, 7) is 4.50. The Kier molecular flexibility index (Phi) is 9.16. The molecule has 186 valence electrons. The molecule has 0 aromatic heterocycles. The lowest BCUT2D eigenvalue weighted by Crippen LogP contribution is -2.49. The van der Waals surface area contributed by atoms with Gasteiger partial charge in [0.05, 0.1) is 31.5 Å². The highest BCUT2D eigenvalue weighted by atomic mass is 16.5. The van der Waals surface area contributed by atoms with Crippen LogP contribution in [0.5, 0.6) is 5.75 Å². The van der Waals surface area contributed by atoms with Gasteiger partial charge in [-0.2, -0.15) is 5.26 Å². The standard InChI is InChI=1S/C29H37N3O3/c1-34-27-8-4-7-26(19-27)28(35-22-25-11-9-24(20-30)10-12-25)21-31-15-17-32(18-16-31)29(33)14-13-23-5-2-3-6-23/h4,7-12,19,23,28H,2-3,5-6,13-18,21-22H2,1H3/t28-/m0/s1. The first-order valence-corrected chi connectivity index (χ1v) is 12.9. The summed E-state index contributed by atoms with van der Waals surface area (Å²) in [6, 6.07) is 17.7. The van der Waals surface area contributed by atoms with Crippen molar-refractivity contribution in [2.24, 2.45) is 5.92 Å². The van der Waals surface area contributed by atoms with Crippen LogP contribution >= 0.6 is 0 Å². The van der Waals surface area contributed by atoms with E-state index in [1.165, 1.54) is 25.7 Å². The lowest BCUT2D eigenvalue weighted by atomic mass is 10.0. The monoisotopic (exact) mass is 475 g/mol. The molecule has 1 aliphatic carbocycles. The van der Waals surface area contributed by atoms with E-state index in [9.17, 15) is 4.79 Å². The molecule has 6 heteroatoms. The summed E-state index contributed by atoms with van der Waals surface area (Å²) in [7, 11) is 1.68. The summed E-state index contributed by atoms with van der Waals surface area (Å²) < 4.78 is 11.8. The molecule has 0 radical (unpaired) electrons. The van der Waals surface area contributed by atoms with E-state index < -0.39 is 0 Å². The molecule has 1 saturated heterocycles. The van der Waals surface area contributed by atoms with E-state index in [1.54, 1.807) is 7.11 Å². The number of carbonyl (C=O) groups is 1. The van der Waals surface area contributed by atoms with Crippen LogP contribution in [0.15, 0.2) is 48.5 Å². The molecule has 0 bridgehead atoms. The smallest absolute Gasteiger partial charge is 0.222 e. The zero-order valence-electron chi connectivity index (χ0n) is 20.8. The molecule has 6 nitrogen and oxygen atoms in total. The van der Waals surface area contributed by atoms with Gasteiger partial charge >= 0.3 is 0 Å². The van der Waals surface area contributed by atoms with Crippen molar-refractivity contribution in [3.63, 3.8) is 0 Å². The van der Waals surface area contributed by atoms with Crippen LogP contribution in [0.2, 0.25) is 0 Å². The van der Waals surface area contributed by atoms with Crippen molar-refractivity contribution in [3.8, 4) is 11.8 Å². The number of carbonyl (C=O) groups excluding carboxylic acids is 1. The maximum atomic E-state index is 12.7. The Morgan fingerprint density at radius 3 is 2.51 bits per heavy atom. The van der Waals surface area contributed by atoms with Crippen molar-refractivity contribution in [2.75, 3.05) is 39.8 Å². The van der Waals surface area contributed by atoms with Gasteiger partial charge < -0.3 is 14.4 Å². The fourth-order valence-electron chi connectivity index (χ4n) is 5.17. The number of methoxy groups -OCH3 is 1. The molecule has 1 atom stereocenters. The Hall–Kier alpha value is -2.88. The number of hydrogen-bond donors (Lipinski definition) is 0. The molecule has 1 aliphatic heterocycles. The van der Waals surface area contributed by atoms with Crippen molar-refractivity contribution >= 4 is 5.91 Å². The Balaban J connectivity index is 1.33. The van der Waals surface area contributed by atoms with Crippen LogP contribution in [0, 0.1) is 17.2 Å². The van der Waals surface area contributed by atoms with Crippen LogP contribution in [-0.2, 0) is 16.1 Å². The van der Waals surface area contributed by atoms with Gasteiger partial charge in [-0.25, -0.2) is 0 Å². The van der Waals surface area contributed by atoms with Crippen LogP contribution in [0.4, 0.5) is 0 Å². The molecule has 2 fully saturated rings. The maximum Gasteiger partial charge on any atom is 0.222 e. The van der Waals surface area contributed by atoms with Crippen LogP contribution in [0.1, 0.15) is 61.3 Å². The number of hydrogen-bond acceptors (Lipinski definition) is 5. The highest BCUT2D eigenvalue weighted by Crippen LogP contribution is 2.29. The van der Waals surface area contributed by atoms with E-state index in [0.29, 0.717) is 24.5 Å². The van der Waals surface area contributed by atoms with Crippen LogP contribution in [-0.4, -0.2) is 55.5 Å². The molecule has 0 unspecified atom stereocenters. The second-order valence-corrected chi connectivity index (χ2v) is 9.76. The van der Waals surface area contributed by atoms with E-state index in [2.05, 4.69) is 17.0 Å². The van der Waals surface area contributed by atoms with Crippen molar-refractivity contribution in [3.05, 3.63) is 65.2 Å². The maximum absolute atomic E-state index is 12.7. The van der Waals surface area contributed by atoms with Gasteiger partial charge in [-0.05, 0) is 47.7 Å². The van der Waals surface area contributed by atoms with Gasteiger partial charge in [0.1, 0.15) is 5.75 Å². The minimum atomic E-state index is -0.120. The molecule has 2 aromatic carbocycles. The average molecular weight is 476 g/mol. The van der Waals surface area contributed by atoms with E-state index in [-0.39, 0.29) is 6.10 Å². The summed E-state index contributed by atoms with van der Waals surface area (Å²) in [5.74, 6) is 1.89. The summed E-state index contributed by atoms with van der Waals surface area (Å²) in [5.41, 5.74) is 2.76. The molecule has 1 saturated carbocycles. The highest BCUT2D eigenvalue weighted by molar-refractivity contribution is 5.76. The van der Waals surface area contributed by atoms with Gasteiger partial charge in [0, 0.05) is 39.1 Å². The minimum absolute atomic E-state index is 0.120. The van der Waals surface area contributed by atoms with Gasteiger partial charge in [0.2, 0.25) is 5.91 Å². The first kappa shape index (κ1) is 25.2. The Labute approximate surface area is 209 Å². The summed E-state index contributed by atoms with van der Waals surface area (Å²) in [6.07, 6.45) is 6.90. The van der Waals surface area contributed by atoms with Gasteiger partial charge in [0.25, 0.3) is 0 Å². The van der Waals surface area contributed by atoms with Crippen molar-refractivity contribution in [1.82, 2.24) is 9.80 Å². The second kappa shape index (κ2) is 12.7. The molecular formula is C29H37N3O3. The topological polar surface area (TPSA) is 65.8 Å². The van der Waals surface area contributed by atoms with Crippen LogP contribution in [0.25, 0.3) is 0 Å². The number of ether oxygens (including phenoxy) is 2. The Morgan fingerprint density at radius 1 is 1.09 bits per heavy atom. The lowest BCUT2D eigenvalue weighted by molar-refractivity contribution is -0.133. The summed E-state index contributed by atoms with van der Waals surface area (Å²) in [5, 5.41) is 9.04. The number of rotatable bonds is 10. The molecule has 2 aliphatic rings. The summed E-state index contributed by atoms with van der Waals surface area (Å²) >= 11 is 0. The fourth-order valence-corrected chi connectivity index (χ4v) is 5.17. The molecular weight excluding hydrogens is 438 g/mol. The largest absolute Gasteiger partial charge is 0.497 e. The predicted octanol–water partition coefficient (Wildman–Crippen LogP) is 4.94. The number of nitriles is 1. The summed E-state index contributed by atoms with van der Waals surface area (Å²) in [4.78, 5) is 17.2. The first-order chi connectivity index (χ1) is 17.1. The molecule has 0 spiro atoms. The van der Waals surface area contributed by atoms with Gasteiger partial charge in [-0.1, -0.05) is 49.9 Å². The first-order valence-electron chi connectivity index (χ1n) is 12.9. The van der Waals surface area contributed by atoms with Crippen LogP contribution < -0.4 is 4.74 Å². The predicted molar refractivity (Wildman–Crippen MR) is 136 cm³/mol. The zero-order valence-corrected chi connectivity index (χ0v) is 20.8. The molecule has 0 N–H and O–H groups in total. The van der Waals surface area contributed by atoms with Crippen molar-refractivity contribution in [2.45, 2.75) is 51.2 Å². The Bertz CT molecular complexity index is 987. The van der Waals surface area contributed by atoms with Crippen molar-refractivity contribution in [1.29, 1.82) is 5.26 Å². The lowest BCUT2D eigenvalue weighted by Gasteiger charge is -2.36. The number of piperazine rings is 1. The normalized spacial score (nSPS) is 17.8. The fraction of sp³-hybridized carbons (Fsp3) is 0.517. The number of nitrogens with zero attached hydrogens (tertiary/aromatic N) is 3. The molecule has 35 heavy (non-hydrogen) atoms. The third-order valence-electron chi connectivity index (χ3n) is 7.39. The van der Waals surface area contributed by atoms with E-state index in [4.69, 9.17) is 14.7 Å². The quantitative estimate of drug-likeness (QED) is 0.487. The van der Waals surface area contributed by atoms with Crippen molar-refractivity contribution < 1.29 is 14.3 Å². The molecule has 1 amide bonds. The van der Waals surface area contributed by atoms with Gasteiger partial charge in [0.15, 0.2) is 0 Å². The third kappa shape index (κ3) is 7.30. The minimum Gasteiger partial charge on any atom is -0.497 e. The molecule has 4 rings (SSSR count). The van der Waals surface area contributed by atoms with E-state index >= 15 is 0 Å². The van der Waals surface area contributed by atoms with Crippen LogP contribution in [0.3, 0.4) is 0 Å². The van der Waals surface area contributed by atoms with Gasteiger partial charge in [-0.3, -0.25) is 9.69 Å². The zero-order chi connectivity index (χ0) is 24.5. The SMILES string of the molecule is COc1cccc([C@H](CN2CCN(C(=O)CCC3CCCC3)CC2)OCc2ccc(C#N)cc2)c1. The van der Waals surface area contributed by atoms with E-state index in [0.717, 1.165) is 61.9 Å². The third-order valence-corrected chi connectivity index (χ3v) is 7.39. The molecule has 1 heterocycles. The molecule has 2 aromatic rings. The highest BCUT2D eigenvalue weighted by Gasteiger charge is 2.25. The second-order valence-electron chi connectivity index (χ2n) is 9.76. The van der Waals surface area contributed by atoms with Gasteiger partial charge in [-0.15, -0.1) is 0 Å². The number of benzene rings is 2. The van der Waals surface area contributed by atoms with E-state index in [1.807, 2.05) is 47.4 Å². The number of amides is 1. The average Bonchev–Trinajstić information content (AvgIpc) is 3.44.